The zero-order valence-electron chi connectivity index (χ0n) is 9.35. The molecule has 1 aromatic rings. The summed E-state index contributed by atoms with van der Waals surface area (Å²) in [5.74, 6) is 0. The first-order valence-electron chi connectivity index (χ1n) is 5.17. The highest BCUT2D eigenvalue weighted by Gasteiger charge is 2.08. The molecule has 1 unspecified atom stereocenters. The Labute approximate surface area is 90.4 Å². The lowest BCUT2D eigenvalue weighted by Gasteiger charge is -2.19. The number of hydrogen-bond acceptors (Lipinski definition) is 4. The van der Waals surface area contributed by atoms with Crippen LogP contribution >= 0.6 is 0 Å². The Morgan fingerprint density at radius 2 is 2.40 bits per heavy atom. The molecule has 0 bridgehead atoms. The summed E-state index contributed by atoms with van der Waals surface area (Å²) in [5, 5.41) is 9.59. The van der Waals surface area contributed by atoms with Crippen LogP contribution < -0.4 is 0 Å². The van der Waals surface area contributed by atoms with Crippen LogP contribution in [0, 0.1) is 0 Å². The van der Waals surface area contributed by atoms with Crippen LogP contribution in [0.1, 0.15) is 12.5 Å². The summed E-state index contributed by atoms with van der Waals surface area (Å²) in [5.41, 5.74) is 1.11. The fourth-order valence-corrected chi connectivity index (χ4v) is 1.43. The van der Waals surface area contributed by atoms with Crippen LogP contribution in [0.4, 0.5) is 0 Å². The maximum atomic E-state index is 9.59. The van der Waals surface area contributed by atoms with Crippen molar-refractivity contribution in [1.82, 2.24) is 4.90 Å². The van der Waals surface area contributed by atoms with Crippen molar-refractivity contribution in [1.29, 1.82) is 0 Å². The molecule has 1 N–H and O–H groups in total. The fourth-order valence-electron chi connectivity index (χ4n) is 1.43. The van der Waals surface area contributed by atoms with Gasteiger partial charge in [-0.25, -0.2) is 0 Å². The Hall–Kier alpha value is -0.840. The van der Waals surface area contributed by atoms with Crippen molar-refractivity contribution < 1.29 is 14.3 Å². The summed E-state index contributed by atoms with van der Waals surface area (Å²) in [6, 6.07) is 1.92. The number of likely N-dealkylation sites (N-methyl/N-ethyl adjacent to an activating group) is 1. The van der Waals surface area contributed by atoms with Gasteiger partial charge in [0.2, 0.25) is 0 Å². The van der Waals surface area contributed by atoms with E-state index in [0.717, 1.165) is 12.1 Å². The topological polar surface area (TPSA) is 45.8 Å². The van der Waals surface area contributed by atoms with E-state index in [1.807, 2.05) is 24.9 Å². The number of hydrogen-bond donors (Lipinski definition) is 1. The molecule has 0 amide bonds. The first-order chi connectivity index (χ1) is 7.22. The third-order valence-corrected chi connectivity index (χ3v) is 2.07. The molecule has 0 saturated carbocycles. The number of rotatable bonds is 7. The predicted molar refractivity (Wildman–Crippen MR) is 57.5 cm³/mol. The second kappa shape index (κ2) is 6.61. The van der Waals surface area contributed by atoms with Crippen molar-refractivity contribution in [2.75, 3.05) is 26.8 Å². The minimum atomic E-state index is -0.429. The number of aliphatic hydroxyl groups excluding tert-OH is 1. The predicted octanol–water partition coefficient (Wildman–Crippen LogP) is 1.11. The second-order valence-corrected chi connectivity index (χ2v) is 3.64. The van der Waals surface area contributed by atoms with Crippen LogP contribution in [-0.2, 0) is 11.3 Å². The standard InChI is InChI=1S/C11H19NO3/c1-3-14-9-11(13)7-12(2)6-10-4-5-15-8-10/h4-5,8,11,13H,3,6-7,9H2,1-2H3. The average Bonchev–Trinajstić information content (AvgIpc) is 2.67. The maximum Gasteiger partial charge on any atom is 0.0947 e. The van der Waals surface area contributed by atoms with Crippen molar-refractivity contribution in [3.05, 3.63) is 24.2 Å². The van der Waals surface area contributed by atoms with Crippen molar-refractivity contribution >= 4 is 0 Å². The van der Waals surface area contributed by atoms with Gasteiger partial charge >= 0.3 is 0 Å². The highest BCUT2D eigenvalue weighted by molar-refractivity contribution is 5.04. The summed E-state index contributed by atoms with van der Waals surface area (Å²) >= 11 is 0. The van der Waals surface area contributed by atoms with E-state index in [-0.39, 0.29) is 0 Å². The minimum Gasteiger partial charge on any atom is -0.472 e. The third-order valence-electron chi connectivity index (χ3n) is 2.07. The largest absolute Gasteiger partial charge is 0.472 e. The molecule has 15 heavy (non-hydrogen) atoms. The molecule has 4 heteroatoms. The first-order valence-corrected chi connectivity index (χ1v) is 5.17. The molecule has 1 heterocycles. The number of furan rings is 1. The summed E-state index contributed by atoms with van der Waals surface area (Å²) in [4.78, 5) is 2.04. The molecule has 0 saturated heterocycles. The highest BCUT2D eigenvalue weighted by Crippen LogP contribution is 2.04. The smallest absolute Gasteiger partial charge is 0.0947 e. The van der Waals surface area contributed by atoms with Gasteiger partial charge < -0.3 is 14.3 Å². The van der Waals surface area contributed by atoms with Crippen molar-refractivity contribution in [3.63, 3.8) is 0 Å². The Balaban J connectivity index is 2.20. The van der Waals surface area contributed by atoms with Gasteiger partial charge in [-0.3, -0.25) is 4.90 Å². The fraction of sp³-hybridized carbons (Fsp3) is 0.636. The molecule has 1 aromatic heterocycles. The maximum absolute atomic E-state index is 9.59. The van der Waals surface area contributed by atoms with Crippen molar-refractivity contribution in [2.24, 2.45) is 0 Å². The number of aliphatic hydroxyl groups is 1. The second-order valence-electron chi connectivity index (χ2n) is 3.64. The average molecular weight is 213 g/mol. The molecule has 0 spiro atoms. The number of nitrogens with zero attached hydrogens (tertiary/aromatic N) is 1. The zero-order chi connectivity index (χ0) is 11.1. The highest BCUT2D eigenvalue weighted by atomic mass is 16.5. The number of ether oxygens (including phenoxy) is 1. The SMILES string of the molecule is CCOCC(O)CN(C)Cc1ccoc1. The van der Waals surface area contributed by atoms with Crippen molar-refractivity contribution in [3.8, 4) is 0 Å². The Morgan fingerprint density at radius 3 is 3.00 bits per heavy atom. The van der Waals surface area contributed by atoms with E-state index < -0.39 is 6.10 Å². The van der Waals surface area contributed by atoms with E-state index in [2.05, 4.69) is 0 Å². The molecule has 86 valence electrons. The molecule has 0 aliphatic heterocycles. The summed E-state index contributed by atoms with van der Waals surface area (Å²) in [6.45, 7) is 4.33. The molecule has 0 radical (unpaired) electrons. The molecular weight excluding hydrogens is 194 g/mol. The normalized spacial score (nSPS) is 13.3. The monoisotopic (exact) mass is 213 g/mol. The summed E-state index contributed by atoms with van der Waals surface area (Å²) < 4.78 is 10.1. The molecule has 1 atom stereocenters. The van der Waals surface area contributed by atoms with Gasteiger partial charge in [0, 0.05) is 25.3 Å². The lowest BCUT2D eigenvalue weighted by atomic mass is 10.3. The van der Waals surface area contributed by atoms with Crippen LogP contribution in [0.5, 0.6) is 0 Å². The van der Waals surface area contributed by atoms with E-state index in [0.29, 0.717) is 19.8 Å². The van der Waals surface area contributed by atoms with Crippen LogP contribution in [0.2, 0.25) is 0 Å². The van der Waals surface area contributed by atoms with Gasteiger partial charge in [-0.1, -0.05) is 0 Å². The minimum absolute atomic E-state index is 0.395. The first kappa shape index (κ1) is 12.2. The molecule has 1 rings (SSSR count). The lowest BCUT2D eigenvalue weighted by molar-refractivity contribution is 0.0244. The van der Waals surface area contributed by atoms with Gasteiger partial charge in [0.15, 0.2) is 0 Å². The molecule has 4 nitrogen and oxygen atoms in total. The van der Waals surface area contributed by atoms with Gasteiger partial charge in [-0.15, -0.1) is 0 Å². The van der Waals surface area contributed by atoms with Crippen molar-refractivity contribution in [2.45, 2.75) is 19.6 Å². The van der Waals surface area contributed by atoms with Crippen LogP contribution in [0.15, 0.2) is 23.0 Å². The lowest BCUT2D eigenvalue weighted by Crippen LogP contribution is -2.31. The van der Waals surface area contributed by atoms with Gasteiger partial charge in [-0.2, -0.15) is 0 Å². The summed E-state index contributed by atoms with van der Waals surface area (Å²) in [7, 11) is 1.96. The Kier molecular flexibility index (Phi) is 5.39. The van der Waals surface area contributed by atoms with Crippen LogP contribution in [0.3, 0.4) is 0 Å². The zero-order valence-corrected chi connectivity index (χ0v) is 9.35. The van der Waals surface area contributed by atoms with E-state index in [1.54, 1.807) is 12.5 Å². The van der Waals surface area contributed by atoms with E-state index >= 15 is 0 Å². The molecular formula is C11H19NO3. The van der Waals surface area contributed by atoms with E-state index in [4.69, 9.17) is 9.15 Å². The van der Waals surface area contributed by atoms with Gasteiger partial charge in [0.05, 0.1) is 25.2 Å². The van der Waals surface area contributed by atoms with E-state index in [1.165, 1.54) is 0 Å². The quantitative estimate of drug-likeness (QED) is 0.737. The summed E-state index contributed by atoms with van der Waals surface area (Å²) in [6.07, 6.45) is 2.94. The molecule has 0 aliphatic carbocycles. The Morgan fingerprint density at radius 1 is 1.60 bits per heavy atom. The van der Waals surface area contributed by atoms with Crippen LogP contribution in [0.25, 0.3) is 0 Å². The Bertz CT molecular complexity index is 248. The third kappa shape index (κ3) is 4.97. The van der Waals surface area contributed by atoms with E-state index in [9.17, 15) is 5.11 Å². The van der Waals surface area contributed by atoms with Gasteiger partial charge in [0.1, 0.15) is 0 Å². The molecule has 0 fully saturated rings. The molecule has 0 aromatic carbocycles. The molecule has 0 aliphatic rings. The van der Waals surface area contributed by atoms with Gasteiger partial charge in [0.25, 0.3) is 0 Å². The van der Waals surface area contributed by atoms with Crippen LogP contribution in [-0.4, -0.2) is 42.9 Å². The van der Waals surface area contributed by atoms with Gasteiger partial charge in [-0.05, 0) is 20.0 Å².